The monoisotopic (exact) mass is 346 g/mol. The van der Waals surface area contributed by atoms with Gasteiger partial charge in [-0.2, -0.15) is 0 Å². The third-order valence-electron chi connectivity index (χ3n) is 5.03. The van der Waals surface area contributed by atoms with E-state index in [2.05, 4.69) is 16.0 Å². The van der Waals surface area contributed by atoms with E-state index in [-0.39, 0.29) is 11.8 Å². The number of carbonyl (C=O) groups excluding carboxylic acids is 2. The van der Waals surface area contributed by atoms with Gasteiger partial charge in [-0.3, -0.25) is 19.5 Å². The van der Waals surface area contributed by atoms with Crippen molar-refractivity contribution in [3.8, 4) is 0 Å². The van der Waals surface area contributed by atoms with Crippen LogP contribution in [0.5, 0.6) is 0 Å². The first-order chi connectivity index (χ1) is 11.9. The smallest absolute Gasteiger partial charge is 0.242 e. The summed E-state index contributed by atoms with van der Waals surface area (Å²) in [5.41, 5.74) is 0.626. The number of amides is 2. The molecule has 1 aromatic heterocycles. The zero-order valence-electron chi connectivity index (χ0n) is 15.9. The van der Waals surface area contributed by atoms with E-state index < -0.39 is 5.54 Å². The molecule has 0 radical (unpaired) electrons. The Morgan fingerprint density at radius 3 is 2.60 bits per heavy atom. The maximum Gasteiger partial charge on any atom is 0.242 e. The topological polar surface area (TPSA) is 56.8 Å². The van der Waals surface area contributed by atoms with E-state index in [1.165, 1.54) is 5.56 Å². The lowest BCUT2D eigenvalue weighted by Gasteiger charge is -2.39. The van der Waals surface area contributed by atoms with Gasteiger partial charge in [0.15, 0.2) is 0 Å². The molecule has 25 heavy (non-hydrogen) atoms. The summed E-state index contributed by atoms with van der Waals surface area (Å²) in [6, 6.07) is 4.00. The molecule has 0 saturated carbocycles. The Labute approximate surface area is 150 Å². The number of hydrogen-bond acceptors (Lipinski definition) is 4. The number of pyridine rings is 1. The summed E-state index contributed by atoms with van der Waals surface area (Å²) < 4.78 is 0. The number of likely N-dealkylation sites (N-methyl/N-ethyl adjacent to an activating group) is 2. The minimum absolute atomic E-state index is 0.0464. The molecule has 0 bridgehead atoms. The van der Waals surface area contributed by atoms with Gasteiger partial charge >= 0.3 is 0 Å². The van der Waals surface area contributed by atoms with E-state index >= 15 is 0 Å². The normalized spacial score (nSPS) is 20.5. The number of likely N-dealkylation sites (tertiary alicyclic amines) is 1. The molecule has 1 aromatic rings. The third-order valence-corrected chi connectivity index (χ3v) is 5.03. The molecule has 6 nitrogen and oxygen atoms in total. The lowest BCUT2D eigenvalue weighted by Crippen LogP contribution is -2.57. The second kappa shape index (κ2) is 8.43. The molecular weight excluding hydrogens is 316 g/mol. The summed E-state index contributed by atoms with van der Waals surface area (Å²) in [6.07, 6.45) is 7.98. The highest BCUT2D eigenvalue weighted by molar-refractivity contribution is 5.87. The van der Waals surface area contributed by atoms with Crippen LogP contribution < -0.4 is 0 Å². The summed E-state index contributed by atoms with van der Waals surface area (Å²) >= 11 is 0. The van der Waals surface area contributed by atoms with Gasteiger partial charge in [-0.15, -0.1) is 0 Å². The lowest BCUT2D eigenvalue weighted by molar-refractivity contribution is -0.143. The fraction of sp³-hybridized carbons (Fsp3) is 0.632. The van der Waals surface area contributed by atoms with Gasteiger partial charge in [-0.1, -0.05) is 6.07 Å². The average molecular weight is 346 g/mol. The first-order valence-electron chi connectivity index (χ1n) is 8.93. The van der Waals surface area contributed by atoms with Crippen LogP contribution in [0.25, 0.3) is 0 Å². The van der Waals surface area contributed by atoms with E-state index in [1.54, 1.807) is 44.2 Å². The Morgan fingerprint density at radius 1 is 1.24 bits per heavy atom. The molecule has 1 aliphatic rings. The molecule has 6 heteroatoms. The van der Waals surface area contributed by atoms with Crippen molar-refractivity contribution in [1.82, 2.24) is 19.7 Å². The Hall–Kier alpha value is -1.95. The van der Waals surface area contributed by atoms with Gasteiger partial charge in [-0.05, 0) is 50.3 Å². The van der Waals surface area contributed by atoms with Crippen molar-refractivity contribution in [3.63, 3.8) is 0 Å². The molecule has 0 N–H and O–H groups in total. The Kier molecular flexibility index (Phi) is 6.53. The number of nitrogens with zero attached hydrogens (tertiary/aromatic N) is 4. The van der Waals surface area contributed by atoms with Gasteiger partial charge in [0.05, 0.1) is 6.54 Å². The van der Waals surface area contributed by atoms with Crippen molar-refractivity contribution >= 4 is 11.8 Å². The van der Waals surface area contributed by atoms with E-state index in [0.717, 1.165) is 38.6 Å². The van der Waals surface area contributed by atoms with Crippen LogP contribution in [0, 0.1) is 0 Å². The van der Waals surface area contributed by atoms with Crippen LogP contribution in [-0.2, 0) is 16.0 Å². The van der Waals surface area contributed by atoms with Gasteiger partial charge in [0.1, 0.15) is 5.54 Å². The van der Waals surface area contributed by atoms with Crippen LogP contribution >= 0.6 is 0 Å². The fourth-order valence-electron chi connectivity index (χ4n) is 3.65. The van der Waals surface area contributed by atoms with Crippen molar-refractivity contribution in [3.05, 3.63) is 30.1 Å². The van der Waals surface area contributed by atoms with Crippen LogP contribution in [0.1, 0.15) is 31.2 Å². The Balaban J connectivity index is 2.12. The van der Waals surface area contributed by atoms with Crippen LogP contribution in [-0.4, -0.2) is 78.3 Å². The summed E-state index contributed by atoms with van der Waals surface area (Å²) in [6.45, 7) is 1.10. The summed E-state index contributed by atoms with van der Waals surface area (Å²) in [5, 5.41) is 0. The van der Waals surface area contributed by atoms with Gasteiger partial charge in [0, 0.05) is 40.6 Å². The highest BCUT2D eigenvalue weighted by Gasteiger charge is 2.48. The first kappa shape index (κ1) is 19.4. The van der Waals surface area contributed by atoms with Crippen molar-refractivity contribution < 1.29 is 9.59 Å². The predicted octanol–water partition coefficient (Wildman–Crippen LogP) is 1.42. The number of hydrogen-bond donors (Lipinski definition) is 0. The lowest BCUT2D eigenvalue weighted by atomic mass is 9.87. The fourth-order valence-corrected chi connectivity index (χ4v) is 3.65. The maximum atomic E-state index is 13.0. The van der Waals surface area contributed by atoms with Gasteiger partial charge < -0.3 is 9.80 Å². The first-order valence-corrected chi connectivity index (χ1v) is 8.93. The van der Waals surface area contributed by atoms with Crippen LogP contribution in [0.3, 0.4) is 0 Å². The van der Waals surface area contributed by atoms with E-state index in [1.807, 2.05) is 12.3 Å². The maximum absolute atomic E-state index is 13.0. The molecule has 0 spiro atoms. The van der Waals surface area contributed by atoms with Crippen molar-refractivity contribution in [2.75, 3.05) is 41.3 Å². The summed E-state index contributed by atoms with van der Waals surface area (Å²) in [5.74, 6) is 0.160. The number of carbonyl (C=O) groups is 2. The quantitative estimate of drug-likeness (QED) is 0.749. The zero-order chi connectivity index (χ0) is 18.4. The number of aromatic nitrogens is 1. The Bertz CT molecular complexity index is 588. The van der Waals surface area contributed by atoms with E-state index in [0.29, 0.717) is 6.54 Å². The zero-order valence-corrected chi connectivity index (χ0v) is 15.9. The minimum atomic E-state index is -0.558. The van der Waals surface area contributed by atoms with Crippen molar-refractivity contribution in [2.45, 2.75) is 37.6 Å². The van der Waals surface area contributed by atoms with Crippen LogP contribution in [0.4, 0.5) is 0 Å². The molecule has 2 rings (SSSR count). The average Bonchev–Trinajstić information content (AvgIpc) is 2.98. The molecular formula is C19H30N4O2. The molecule has 138 valence electrons. The standard InChI is InChI=1S/C19H30N4O2/c1-21(2)17(24)15-23-13-7-11-19(23,18(25)22(3)4)10-5-8-16-9-6-12-20-14-16/h6,9,12,14H,5,7-8,10-11,13,15H2,1-4H3/t19-/m1/s1. The minimum Gasteiger partial charge on any atom is -0.348 e. The second-order valence-corrected chi connectivity index (χ2v) is 7.26. The highest BCUT2D eigenvalue weighted by atomic mass is 16.2. The van der Waals surface area contributed by atoms with Crippen molar-refractivity contribution in [1.29, 1.82) is 0 Å². The van der Waals surface area contributed by atoms with Crippen LogP contribution in [0.15, 0.2) is 24.5 Å². The molecule has 1 saturated heterocycles. The van der Waals surface area contributed by atoms with Gasteiger partial charge in [0.25, 0.3) is 0 Å². The molecule has 1 aliphatic heterocycles. The molecule has 2 heterocycles. The van der Waals surface area contributed by atoms with Crippen molar-refractivity contribution in [2.24, 2.45) is 0 Å². The highest BCUT2D eigenvalue weighted by Crippen LogP contribution is 2.35. The van der Waals surface area contributed by atoms with Gasteiger partial charge in [-0.25, -0.2) is 0 Å². The number of aryl methyl sites for hydroxylation is 1. The molecule has 1 fully saturated rings. The second-order valence-electron chi connectivity index (χ2n) is 7.26. The molecule has 0 unspecified atom stereocenters. The molecule has 1 atom stereocenters. The number of rotatable bonds is 7. The van der Waals surface area contributed by atoms with Crippen LogP contribution in [0.2, 0.25) is 0 Å². The van der Waals surface area contributed by atoms with E-state index in [4.69, 9.17) is 0 Å². The Morgan fingerprint density at radius 2 is 2.00 bits per heavy atom. The van der Waals surface area contributed by atoms with E-state index in [9.17, 15) is 9.59 Å². The predicted molar refractivity (Wildman–Crippen MR) is 98.1 cm³/mol. The SMILES string of the molecule is CN(C)C(=O)CN1CCC[C@]1(CCCc1cccnc1)C(=O)N(C)C. The van der Waals surface area contributed by atoms with Gasteiger partial charge in [0.2, 0.25) is 11.8 Å². The molecule has 0 aromatic carbocycles. The largest absolute Gasteiger partial charge is 0.348 e. The summed E-state index contributed by atoms with van der Waals surface area (Å²) in [7, 11) is 7.12. The molecule has 2 amide bonds. The third kappa shape index (κ3) is 4.57. The molecule has 0 aliphatic carbocycles. The summed E-state index contributed by atoms with van der Waals surface area (Å²) in [4.78, 5) is 34.8.